The van der Waals surface area contributed by atoms with Crippen molar-refractivity contribution in [2.75, 3.05) is 33.2 Å². The summed E-state index contributed by atoms with van der Waals surface area (Å²) >= 11 is 0. The number of nitrogens with one attached hydrogen (secondary N) is 1. The second-order valence-corrected chi connectivity index (χ2v) is 11.5. The average molecular weight is 499 g/mol. The molecule has 1 atom stereocenters. The summed E-state index contributed by atoms with van der Waals surface area (Å²) in [7, 11) is 1.68. The minimum absolute atomic E-state index is 0.117. The zero-order chi connectivity index (χ0) is 25.3. The molecule has 9 nitrogen and oxygen atoms in total. The Morgan fingerprint density at radius 3 is 2.25 bits per heavy atom. The molecule has 1 N–H and O–H groups in total. The third-order valence-electron chi connectivity index (χ3n) is 9.06. The van der Waals surface area contributed by atoms with E-state index in [-0.39, 0.29) is 30.3 Å². The summed E-state index contributed by atoms with van der Waals surface area (Å²) in [5.74, 6) is -0.525. The Morgan fingerprint density at radius 1 is 0.944 bits per heavy atom. The molecule has 36 heavy (non-hydrogen) atoms. The number of piperidine rings is 2. The lowest BCUT2D eigenvalue weighted by atomic mass is 9.95. The summed E-state index contributed by atoms with van der Waals surface area (Å²) in [5.41, 5.74) is -0.365. The summed E-state index contributed by atoms with van der Waals surface area (Å²) in [4.78, 5) is 46.0. The molecule has 4 aliphatic rings. The number of fused-ring (bicyclic) bond motifs is 1. The first-order valence-corrected chi connectivity index (χ1v) is 14.1. The fraction of sp³-hybridized carbons (Fsp3) is 0.778. The molecule has 2 saturated heterocycles. The van der Waals surface area contributed by atoms with Crippen LogP contribution in [0.25, 0.3) is 0 Å². The molecule has 1 unspecified atom stereocenters. The van der Waals surface area contributed by atoms with Gasteiger partial charge in [0.2, 0.25) is 5.91 Å². The highest BCUT2D eigenvalue weighted by molar-refractivity contribution is 6.01. The van der Waals surface area contributed by atoms with Crippen LogP contribution >= 0.6 is 0 Å². The van der Waals surface area contributed by atoms with Crippen molar-refractivity contribution in [3.05, 3.63) is 17.5 Å². The second kappa shape index (κ2) is 10.5. The smallest absolute Gasteiger partial charge is 0.274 e. The number of hydrogen-bond donors (Lipinski definition) is 1. The molecule has 9 heteroatoms. The third-order valence-corrected chi connectivity index (χ3v) is 9.06. The van der Waals surface area contributed by atoms with Crippen LogP contribution in [0, 0.1) is 0 Å². The highest BCUT2D eigenvalue weighted by atomic mass is 16.2. The zero-order valence-corrected chi connectivity index (χ0v) is 22.0. The van der Waals surface area contributed by atoms with Crippen LogP contribution in [0.15, 0.2) is 6.07 Å². The van der Waals surface area contributed by atoms with Crippen molar-refractivity contribution in [3.8, 4) is 0 Å². The third kappa shape index (κ3) is 4.91. The number of aromatic nitrogens is 2. The second-order valence-electron chi connectivity index (χ2n) is 11.5. The minimum Gasteiger partial charge on any atom is -0.351 e. The summed E-state index contributed by atoms with van der Waals surface area (Å²) in [6.07, 6.45) is 12.5. The summed E-state index contributed by atoms with van der Waals surface area (Å²) < 4.78 is 1.57. The average Bonchev–Trinajstić information content (AvgIpc) is 3.15. The SMILES string of the molecule is CN1C(=O)c2cc(C(=O)N3CCC(N4CCCCC4)CC3)nn2CC1(C)C(=O)NC1CCCCCC1. The van der Waals surface area contributed by atoms with Crippen molar-refractivity contribution >= 4 is 17.7 Å². The number of likely N-dealkylation sites (N-methyl/N-ethyl adjacent to an activating group) is 1. The number of carbonyl (C=O) groups excluding carboxylic acids is 3. The van der Waals surface area contributed by atoms with Gasteiger partial charge in [-0.25, -0.2) is 0 Å². The number of amides is 3. The molecule has 0 spiro atoms. The number of carbonyl (C=O) groups is 3. The Morgan fingerprint density at radius 2 is 1.58 bits per heavy atom. The molecule has 0 bridgehead atoms. The molecular formula is C27H42N6O3. The molecule has 1 aliphatic carbocycles. The quantitative estimate of drug-likeness (QED) is 0.645. The van der Waals surface area contributed by atoms with Crippen LogP contribution in [-0.2, 0) is 11.3 Å². The minimum atomic E-state index is -1.05. The maximum absolute atomic E-state index is 13.4. The van der Waals surface area contributed by atoms with Crippen LogP contribution in [0.3, 0.4) is 0 Å². The van der Waals surface area contributed by atoms with E-state index in [1.165, 1.54) is 50.1 Å². The molecule has 4 heterocycles. The van der Waals surface area contributed by atoms with E-state index < -0.39 is 5.54 Å². The molecule has 1 aromatic rings. The van der Waals surface area contributed by atoms with Crippen LogP contribution in [0.2, 0.25) is 0 Å². The van der Waals surface area contributed by atoms with E-state index in [0.717, 1.165) is 51.6 Å². The van der Waals surface area contributed by atoms with E-state index in [0.29, 0.717) is 17.4 Å². The standard InChI is InChI=1S/C27H42N6O3/c1-27(26(36)28-20-10-6-3-4-7-11-20)19-33-23(25(35)30(27)2)18-22(29-33)24(34)32-16-12-21(13-17-32)31-14-8-5-9-15-31/h18,20-21H,3-17,19H2,1-2H3,(H,28,36). The largest absolute Gasteiger partial charge is 0.351 e. The van der Waals surface area contributed by atoms with Crippen molar-refractivity contribution in [3.63, 3.8) is 0 Å². The first kappa shape index (κ1) is 25.2. The van der Waals surface area contributed by atoms with Crippen molar-refractivity contribution in [1.29, 1.82) is 0 Å². The van der Waals surface area contributed by atoms with E-state index in [2.05, 4.69) is 15.3 Å². The molecular weight excluding hydrogens is 456 g/mol. The number of rotatable bonds is 4. The van der Waals surface area contributed by atoms with Crippen LogP contribution in [0.1, 0.15) is 98.5 Å². The van der Waals surface area contributed by atoms with E-state index in [1.807, 2.05) is 4.90 Å². The zero-order valence-electron chi connectivity index (χ0n) is 22.0. The lowest BCUT2D eigenvalue weighted by Crippen LogP contribution is -2.63. The first-order valence-electron chi connectivity index (χ1n) is 14.1. The highest BCUT2D eigenvalue weighted by Crippen LogP contribution is 2.28. The Labute approximate surface area is 214 Å². The Balaban J connectivity index is 1.25. The van der Waals surface area contributed by atoms with Crippen LogP contribution < -0.4 is 5.32 Å². The topological polar surface area (TPSA) is 90.8 Å². The van der Waals surface area contributed by atoms with Gasteiger partial charge < -0.3 is 20.0 Å². The molecule has 3 amide bonds. The Hall–Kier alpha value is -2.42. The maximum Gasteiger partial charge on any atom is 0.274 e. The van der Waals surface area contributed by atoms with Gasteiger partial charge in [0, 0.05) is 38.3 Å². The molecule has 1 saturated carbocycles. The molecule has 0 aromatic carbocycles. The van der Waals surface area contributed by atoms with Gasteiger partial charge >= 0.3 is 0 Å². The van der Waals surface area contributed by atoms with Gasteiger partial charge in [0.05, 0.1) is 6.54 Å². The molecule has 3 fully saturated rings. The molecule has 3 aliphatic heterocycles. The van der Waals surface area contributed by atoms with Gasteiger partial charge in [-0.05, 0) is 58.5 Å². The van der Waals surface area contributed by atoms with Gasteiger partial charge in [-0.3, -0.25) is 19.1 Å². The molecule has 198 valence electrons. The molecule has 1 aromatic heterocycles. The van der Waals surface area contributed by atoms with Crippen molar-refractivity contribution in [2.24, 2.45) is 0 Å². The fourth-order valence-electron chi connectivity index (χ4n) is 6.48. The van der Waals surface area contributed by atoms with Gasteiger partial charge in [0.15, 0.2) is 5.69 Å². The van der Waals surface area contributed by atoms with Gasteiger partial charge in [0.1, 0.15) is 11.2 Å². The van der Waals surface area contributed by atoms with Crippen LogP contribution in [0.4, 0.5) is 0 Å². The highest BCUT2D eigenvalue weighted by Gasteiger charge is 2.47. The lowest BCUT2D eigenvalue weighted by Gasteiger charge is -2.41. The van der Waals surface area contributed by atoms with Crippen LogP contribution in [-0.4, -0.2) is 93.1 Å². The number of likely N-dealkylation sites (tertiary alicyclic amines) is 2. The predicted molar refractivity (Wildman–Crippen MR) is 137 cm³/mol. The van der Waals surface area contributed by atoms with Gasteiger partial charge in [-0.1, -0.05) is 32.1 Å². The van der Waals surface area contributed by atoms with E-state index in [1.54, 1.807) is 24.7 Å². The summed E-state index contributed by atoms with van der Waals surface area (Å²) in [6, 6.07) is 2.33. The van der Waals surface area contributed by atoms with Gasteiger partial charge in [-0.2, -0.15) is 5.10 Å². The van der Waals surface area contributed by atoms with Crippen molar-refractivity contribution in [2.45, 2.75) is 102 Å². The fourth-order valence-corrected chi connectivity index (χ4v) is 6.48. The molecule has 5 rings (SSSR count). The monoisotopic (exact) mass is 498 g/mol. The van der Waals surface area contributed by atoms with E-state index in [9.17, 15) is 14.4 Å². The van der Waals surface area contributed by atoms with Gasteiger partial charge in [0.25, 0.3) is 11.8 Å². The summed E-state index contributed by atoms with van der Waals surface area (Å²) in [5, 5.41) is 7.76. The van der Waals surface area contributed by atoms with Crippen LogP contribution in [0.5, 0.6) is 0 Å². The van der Waals surface area contributed by atoms with Gasteiger partial charge in [-0.15, -0.1) is 0 Å². The van der Waals surface area contributed by atoms with E-state index in [4.69, 9.17) is 0 Å². The first-order chi connectivity index (χ1) is 17.4. The van der Waals surface area contributed by atoms with Crippen molar-refractivity contribution < 1.29 is 14.4 Å². The Bertz CT molecular complexity index is 970. The molecule has 0 radical (unpaired) electrons. The normalized spacial score (nSPS) is 27.0. The predicted octanol–water partition coefficient (Wildman–Crippen LogP) is 2.66. The summed E-state index contributed by atoms with van der Waals surface area (Å²) in [6.45, 7) is 5.83. The van der Waals surface area contributed by atoms with Crippen molar-refractivity contribution in [1.82, 2.24) is 29.8 Å². The van der Waals surface area contributed by atoms with E-state index >= 15 is 0 Å². The lowest BCUT2D eigenvalue weighted by molar-refractivity contribution is -0.133. The number of nitrogens with zero attached hydrogens (tertiary/aromatic N) is 5. The maximum atomic E-state index is 13.4. The number of hydrogen-bond acceptors (Lipinski definition) is 5. The Kier molecular flexibility index (Phi) is 7.37.